The van der Waals surface area contributed by atoms with Crippen molar-refractivity contribution in [3.63, 3.8) is 0 Å². The van der Waals surface area contributed by atoms with Gasteiger partial charge in [0.2, 0.25) is 5.91 Å². The highest BCUT2D eigenvalue weighted by Crippen LogP contribution is 2.43. The second-order valence-corrected chi connectivity index (χ2v) is 12.2. The molecule has 1 heterocycles. The normalized spacial score (nSPS) is 16.7. The topological polar surface area (TPSA) is 99.1 Å². The van der Waals surface area contributed by atoms with Crippen LogP contribution in [0.25, 0.3) is 10.9 Å². The minimum absolute atomic E-state index is 0.0555. The summed E-state index contributed by atoms with van der Waals surface area (Å²) in [6.45, 7) is 3.27. The van der Waals surface area contributed by atoms with Gasteiger partial charge >= 0.3 is 5.97 Å². The van der Waals surface area contributed by atoms with E-state index in [0.717, 1.165) is 68.7 Å². The van der Waals surface area contributed by atoms with Gasteiger partial charge in [0.05, 0.1) is 19.7 Å². The number of carbonyl (C=O) groups is 3. The highest BCUT2D eigenvalue weighted by atomic mass is 16.7. The van der Waals surface area contributed by atoms with Crippen molar-refractivity contribution >= 4 is 34.4 Å². The summed E-state index contributed by atoms with van der Waals surface area (Å²) in [5.74, 6) is 0.260. The average molecular weight is 604 g/mol. The zero-order valence-corrected chi connectivity index (χ0v) is 26.4. The first-order valence-corrected chi connectivity index (χ1v) is 16.0. The van der Waals surface area contributed by atoms with E-state index in [9.17, 15) is 14.4 Å². The molecule has 0 saturated heterocycles. The molecule has 44 heavy (non-hydrogen) atoms. The highest BCUT2D eigenvalue weighted by Gasteiger charge is 2.38. The van der Waals surface area contributed by atoms with Crippen LogP contribution in [-0.2, 0) is 9.59 Å². The van der Waals surface area contributed by atoms with E-state index in [1.807, 2.05) is 42.2 Å². The van der Waals surface area contributed by atoms with Crippen molar-refractivity contribution in [3.8, 4) is 11.5 Å². The summed E-state index contributed by atoms with van der Waals surface area (Å²) >= 11 is 0. The predicted molar refractivity (Wildman–Crippen MR) is 170 cm³/mol. The summed E-state index contributed by atoms with van der Waals surface area (Å²) < 4.78 is 13.0. The van der Waals surface area contributed by atoms with Crippen LogP contribution in [0.4, 0.5) is 5.69 Å². The van der Waals surface area contributed by atoms with Crippen molar-refractivity contribution < 1.29 is 28.7 Å². The quantitative estimate of drug-likeness (QED) is 0.289. The second kappa shape index (κ2) is 14.2. The number of ether oxygens (including phenoxy) is 2. The predicted octanol–water partition coefficient (Wildman–Crippen LogP) is 6.38. The number of fused-ring (bicyclic) bond motifs is 1. The number of hydrogen-bond acceptors (Lipinski definition) is 6. The van der Waals surface area contributed by atoms with E-state index < -0.39 is 17.9 Å². The summed E-state index contributed by atoms with van der Waals surface area (Å²) in [5, 5.41) is 3.86. The Morgan fingerprint density at radius 3 is 2.14 bits per heavy atom. The molecule has 0 spiro atoms. The molecule has 1 N–H and O–H groups in total. The van der Waals surface area contributed by atoms with Crippen molar-refractivity contribution in [1.82, 2.24) is 10.0 Å². The van der Waals surface area contributed by atoms with Gasteiger partial charge in [0, 0.05) is 18.4 Å². The van der Waals surface area contributed by atoms with Gasteiger partial charge in [-0.05, 0) is 61.9 Å². The molecule has 9 nitrogen and oxygen atoms in total. The summed E-state index contributed by atoms with van der Waals surface area (Å²) in [7, 11) is 3.22. The Balaban J connectivity index is 1.56. The fourth-order valence-corrected chi connectivity index (χ4v) is 6.97. The first-order chi connectivity index (χ1) is 21.3. The monoisotopic (exact) mass is 603 g/mol. The van der Waals surface area contributed by atoms with Crippen LogP contribution in [0.5, 0.6) is 11.5 Å². The van der Waals surface area contributed by atoms with Crippen LogP contribution in [-0.4, -0.2) is 48.8 Å². The lowest BCUT2D eigenvalue weighted by Gasteiger charge is -2.39. The Bertz CT molecular complexity index is 1460. The number of hydrogen-bond donors (Lipinski definition) is 1. The molecule has 9 heteroatoms. The number of aryl methyl sites for hydroxylation is 1. The third kappa shape index (κ3) is 6.87. The first kappa shape index (κ1) is 31.4. The standard InChI is InChI=1S/C35H45N3O6/c1-23-19-31(42-3)33(32(20-23)43-4)37(27-16-9-6-10-17-27)35(41)28(21-25-13-7-5-8-14-25)36-34(40)30-22-26-15-11-12-18-29(26)38(30)44-24(2)39/h11-12,15,18-20,22,25,27-28H,5-10,13-14,16-17,21H2,1-4H3,(H,36,40). The molecule has 2 amide bonds. The molecule has 1 aromatic heterocycles. The molecule has 2 aliphatic carbocycles. The molecular weight excluding hydrogens is 558 g/mol. The smallest absolute Gasteiger partial charge is 0.329 e. The van der Waals surface area contributed by atoms with Crippen LogP contribution in [0.2, 0.25) is 0 Å². The molecule has 1 atom stereocenters. The molecule has 2 aliphatic rings. The van der Waals surface area contributed by atoms with E-state index in [1.54, 1.807) is 26.4 Å². The zero-order valence-electron chi connectivity index (χ0n) is 26.4. The fourth-order valence-electron chi connectivity index (χ4n) is 6.97. The van der Waals surface area contributed by atoms with Crippen LogP contribution >= 0.6 is 0 Å². The number of nitrogens with zero attached hydrogens (tertiary/aromatic N) is 2. The maximum absolute atomic E-state index is 14.9. The number of carbonyl (C=O) groups excluding carboxylic acids is 3. The number of benzene rings is 2. The van der Waals surface area contributed by atoms with Crippen LogP contribution < -0.4 is 24.5 Å². The Morgan fingerprint density at radius 2 is 1.52 bits per heavy atom. The average Bonchev–Trinajstić information content (AvgIpc) is 3.40. The van der Waals surface area contributed by atoms with Crippen molar-refractivity contribution in [1.29, 1.82) is 0 Å². The molecule has 1 unspecified atom stereocenters. The van der Waals surface area contributed by atoms with E-state index in [0.29, 0.717) is 35.0 Å². The minimum atomic E-state index is -0.799. The summed E-state index contributed by atoms with van der Waals surface area (Å²) in [5.41, 5.74) is 2.33. The molecule has 3 aromatic rings. The first-order valence-electron chi connectivity index (χ1n) is 16.0. The largest absolute Gasteiger partial charge is 0.494 e. The van der Waals surface area contributed by atoms with E-state index in [1.165, 1.54) is 18.1 Å². The lowest BCUT2D eigenvalue weighted by atomic mass is 9.84. The maximum Gasteiger partial charge on any atom is 0.329 e. The molecule has 2 aromatic carbocycles. The molecule has 5 rings (SSSR count). The number of amides is 2. The van der Waals surface area contributed by atoms with Crippen LogP contribution in [0.3, 0.4) is 0 Å². The Labute approximate surface area is 259 Å². The van der Waals surface area contributed by atoms with Gasteiger partial charge in [-0.3, -0.25) is 9.59 Å². The number of nitrogens with one attached hydrogen (secondary N) is 1. The summed E-state index contributed by atoms with van der Waals surface area (Å²) in [4.78, 5) is 48.4. The number of rotatable bonds is 10. The lowest BCUT2D eigenvalue weighted by molar-refractivity contribution is -0.141. The maximum atomic E-state index is 14.9. The Hall–Kier alpha value is -4.01. The van der Waals surface area contributed by atoms with Crippen LogP contribution in [0, 0.1) is 12.8 Å². The number of aromatic nitrogens is 1. The molecule has 0 bridgehead atoms. The van der Waals surface area contributed by atoms with E-state index >= 15 is 0 Å². The third-order valence-electron chi connectivity index (χ3n) is 9.06. The highest BCUT2D eigenvalue weighted by molar-refractivity contribution is 6.05. The molecule has 236 valence electrons. The molecule has 0 radical (unpaired) electrons. The van der Waals surface area contributed by atoms with Gasteiger partial charge < -0.3 is 24.5 Å². The summed E-state index contributed by atoms with van der Waals surface area (Å²) in [6.07, 6.45) is 10.9. The van der Waals surface area contributed by atoms with Crippen LogP contribution in [0.15, 0.2) is 42.5 Å². The minimum Gasteiger partial charge on any atom is -0.494 e. The van der Waals surface area contributed by atoms with Crippen LogP contribution in [0.1, 0.15) is 93.6 Å². The molecule has 2 saturated carbocycles. The van der Waals surface area contributed by atoms with Crippen molar-refractivity contribution in [2.24, 2.45) is 5.92 Å². The third-order valence-corrected chi connectivity index (χ3v) is 9.06. The Kier molecular flexibility index (Phi) is 10.1. The lowest BCUT2D eigenvalue weighted by Crippen LogP contribution is -2.53. The van der Waals surface area contributed by atoms with Gasteiger partial charge in [-0.2, -0.15) is 4.73 Å². The van der Waals surface area contributed by atoms with Crippen molar-refractivity contribution in [2.45, 2.75) is 96.6 Å². The summed E-state index contributed by atoms with van der Waals surface area (Å²) in [6, 6.07) is 12.0. The van der Waals surface area contributed by atoms with Crippen molar-refractivity contribution in [2.75, 3.05) is 19.1 Å². The molecule has 0 aliphatic heterocycles. The van der Waals surface area contributed by atoms with E-state index in [2.05, 4.69) is 5.32 Å². The molecular formula is C35H45N3O6. The van der Waals surface area contributed by atoms with E-state index in [-0.39, 0.29) is 17.6 Å². The number of para-hydroxylation sites is 1. The fraction of sp³-hybridized carbons (Fsp3) is 0.514. The van der Waals surface area contributed by atoms with Gasteiger partial charge in [-0.25, -0.2) is 4.79 Å². The van der Waals surface area contributed by atoms with Gasteiger partial charge in [0.25, 0.3) is 5.91 Å². The SMILES string of the molecule is COc1cc(C)cc(OC)c1N(C(=O)C(CC1CCCCC1)NC(=O)c1cc2ccccc2n1OC(C)=O)C1CCCCC1. The van der Waals surface area contributed by atoms with Gasteiger partial charge in [-0.1, -0.05) is 69.6 Å². The Morgan fingerprint density at radius 1 is 0.909 bits per heavy atom. The van der Waals surface area contributed by atoms with E-state index in [4.69, 9.17) is 14.3 Å². The number of methoxy groups -OCH3 is 2. The zero-order chi connectivity index (χ0) is 31.2. The van der Waals surface area contributed by atoms with Gasteiger partial charge in [0.15, 0.2) is 0 Å². The molecule has 2 fully saturated rings. The van der Waals surface area contributed by atoms with Gasteiger partial charge in [0.1, 0.15) is 28.9 Å². The number of anilines is 1. The second-order valence-electron chi connectivity index (χ2n) is 12.2. The van der Waals surface area contributed by atoms with Gasteiger partial charge in [-0.15, -0.1) is 0 Å². The van der Waals surface area contributed by atoms with Crippen molar-refractivity contribution in [3.05, 3.63) is 53.7 Å².